The molecule has 0 aliphatic heterocycles. The van der Waals surface area contributed by atoms with Crippen molar-refractivity contribution in [2.75, 3.05) is 18.5 Å². The quantitative estimate of drug-likeness (QED) is 0.774. The molecule has 6 nitrogen and oxygen atoms in total. The molecular formula is C13H21N5O. The Labute approximate surface area is 112 Å². The molecule has 2 aromatic rings. The summed E-state index contributed by atoms with van der Waals surface area (Å²) in [5, 5.41) is 17.6. The molecule has 0 bridgehead atoms. The van der Waals surface area contributed by atoms with Crippen molar-refractivity contribution < 1.29 is 5.11 Å². The van der Waals surface area contributed by atoms with E-state index in [1.54, 1.807) is 17.2 Å². The highest BCUT2D eigenvalue weighted by Crippen LogP contribution is 2.22. The van der Waals surface area contributed by atoms with Crippen LogP contribution in [0.2, 0.25) is 0 Å². The molecule has 0 atom stereocenters. The highest BCUT2D eigenvalue weighted by atomic mass is 16.3. The maximum atomic E-state index is 9.20. The highest BCUT2D eigenvalue weighted by molar-refractivity contribution is 5.85. The molecule has 104 valence electrons. The Morgan fingerprint density at radius 2 is 2.16 bits per heavy atom. The van der Waals surface area contributed by atoms with Crippen molar-refractivity contribution in [3.05, 3.63) is 12.5 Å². The number of rotatable bonds is 6. The van der Waals surface area contributed by atoms with Crippen LogP contribution in [-0.2, 0) is 7.05 Å². The van der Waals surface area contributed by atoms with Gasteiger partial charge in [-0.3, -0.25) is 4.68 Å². The number of aliphatic hydroxyl groups excluding tert-OH is 1. The van der Waals surface area contributed by atoms with Crippen LogP contribution in [0.15, 0.2) is 12.5 Å². The monoisotopic (exact) mass is 263 g/mol. The van der Waals surface area contributed by atoms with Gasteiger partial charge in [0.25, 0.3) is 0 Å². The minimum absolute atomic E-state index is 0.0169. The minimum atomic E-state index is -0.0169. The van der Waals surface area contributed by atoms with Crippen LogP contribution in [0, 0.1) is 5.41 Å². The number of nitrogens with one attached hydrogen (secondary N) is 1. The molecule has 0 saturated heterocycles. The van der Waals surface area contributed by atoms with Gasteiger partial charge >= 0.3 is 0 Å². The Morgan fingerprint density at radius 3 is 2.89 bits per heavy atom. The zero-order valence-corrected chi connectivity index (χ0v) is 11.7. The van der Waals surface area contributed by atoms with E-state index >= 15 is 0 Å². The fourth-order valence-corrected chi connectivity index (χ4v) is 1.96. The van der Waals surface area contributed by atoms with E-state index in [-0.39, 0.29) is 12.0 Å². The number of aryl methyl sites for hydroxylation is 1. The van der Waals surface area contributed by atoms with Crippen molar-refractivity contribution in [3.63, 3.8) is 0 Å². The van der Waals surface area contributed by atoms with E-state index in [1.165, 1.54) is 0 Å². The Kier molecular flexibility index (Phi) is 3.99. The molecule has 0 amide bonds. The molecule has 0 spiro atoms. The zero-order valence-electron chi connectivity index (χ0n) is 11.7. The van der Waals surface area contributed by atoms with Crippen molar-refractivity contribution in [1.29, 1.82) is 0 Å². The number of aliphatic hydroxyl groups is 1. The number of anilines is 1. The molecule has 0 unspecified atom stereocenters. The van der Waals surface area contributed by atoms with Gasteiger partial charge in [0.2, 0.25) is 0 Å². The van der Waals surface area contributed by atoms with Crippen molar-refractivity contribution in [3.8, 4) is 0 Å². The van der Waals surface area contributed by atoms with Crippen LogP contribution < -0.4 is 5.32 Å². The molecular weight excluding hydrogens is 242 g/mol. The van der Waals surface area contributed by atoms with Gasteiger partial charge < -0.3 is 10.4 Å². The van der Waals surface area contributed by atoms with Gasteiger partial charge in [-0.15, -0.1) is 0 Å². The fraction of sp³-hybridized carbons (Fsp3) is 0.615. The van der Waals surface area contributed by atoms with Crippen molar-refractivity contribution in [1.82, 2.24) is 19.7 Å². The maximum Gasteiger partial charge on any atom is 0.163 e. The summed E-state index contributed by atoms with van der Waals surface area (Å²) in [4.78, 5) is 8.45. The Morgan fingerprint density at radius 1 is 1.37 bits per heavy atom. The minimum Gasteiger partial charge on any atom is -0.396 e. The predicted molar refractivity (Wildman–Crippen MR) is 74.9 cm³/mol. The molecule has 19 heavy (non-hydrogen) atoms. The maximum absolute atomic E-state index is 9.20. The number of fused-ring (bicyclic) bond motifs is 1. The lowest BCUT2D eigenvalue weighted by molar-refractivity contribution is 0.149. The van der Waals surface area contributed by atoms with E-state index in [4.69, 9.17) is 0 Å². The molecule has 0 aliphatic rings. The molecule has 0 saturated carbocycles. The molecule has 6 heteroatoms. The van der Waals surface area contributed by atoms with Crippen LogP contribution >= 0.6 is 0 Å². The first-order valence-corrected chi connectivity index (χ1v) is 6.51. The van der Waals surface area contributed by atoms with Gasteiger partial charge in [0.05, 0.1) is 11.6 Å². The highest BCUT2D eigenvalue weighted by Gasteiger charge is 2.15. The summed E-state index contributed by atoms with van der Waals surface area (Å²) in [5.41, 5.74) is 0.810. The van der Waals surface area contributed by atoms with Crippen molar-refractivity contribution in [2.45, 2.75) is 26.7 Å². The van der Waals surface area contributed by atoms with Gasteiger partial charge in [0.15, 0.2) is 5.65 Å². The summed E-state index contributed by atoms with van der Waals surface area (Å²) in [5.74, 6) is 0.819. The second-order valence-corrected chi connectivity index (χ2v) is 5.58. The van der Waals surface area contributed by atoms with E-state index < -0.39 is 0 Å². The lowest BCUT2D eigenvalue weighted by Crippen LogP contribution is -2.18. The third-order valence-electron chi connectivity index (χ3n) is 3.28. The summed E-state index contributed by atoms with van der Waals surface area (Å²) < 4.78 is 1.73. The first-order chi connectivity index (χ1) is 9.03. The molecule has 0 radical (unpaired) electrons. The largest absolute Gasteiger partial charge is 0.396 e. The average molecular weight is 263 g/mol. The SMILES string of the molecule is Cn1ncc2c(NCCCC(C)(C)CO)ncnc21. The average Bonchev–Trinajstić information content (AvgIpc) is 2.78. The summed E-state index contributed by atoms with van der Waals surface area (Å²) >= 11 is 0. The van der Waals surface area contributed by atoms with Gasteiger partial charge in [-0.05, 0) is 18.3 Å². The Hall–Kier alpha value is -1.69. The first kappa shape index (κ1) is 13.7. The molecule has 2 N–H and O–H groups in total. The topological polar surface area (TPSA) is 75.9 Å². The third-order valence-corrected chi connectivity index (χ3v) is 3.28. The first-order valence-electron chi connectivity index (χ1n) is 6.51. The Bertz CT molecular complexity index is 549. The van der Waals surface area contributed by atoms with Crippen LogP contribution in [0.5, 0.6) is 0 Å². The lowest BCUT2D eigenvalue weighted by atomic mass is 9.89. The predicted octanol–water partition coefficient (Wildman–Crippen LogP) is 1.57. The van der Waals surface area contributed by atoms with Crippen molar-refractivity contribution >= 4 is 16.9 Å². The molecule has 2 heterocycles. The molecule has 0 fully saturated rings. The third kappa shape index (κ3) is 3.20. The smallest absolute Gasteiger partial charge is 0.163 e. The second kappa shape index (κ2) is 5.52. The summed E-state index contributed by atoms with van der Waals surface area (Å²) in [6.45, 7) is 5.17. The number of hydrogen-bond acceptors (Lipinski definition) is 5. The summed E-state index contributed by atoms with van der Waals surface area (Å²) in [7, 11) is 1.86. The van der Waals surface area contributed by atoms with E-state index in [0.29, 0.717) is 0 Å². The number of aromatic nitrogens is 4. The van der Waals surface area contributed by atoms with Gasteiger partial charge in [-0.2, -0.15) is 5.10 Å². The van der Waals surface area contributed by atoms with Gasteiger partial charge in [0.1, 0.15) is 12.1 Å². The van der Waals surface area contributed by atoms with Crippen LogP contribution in [0.4, 0.5) is 5.82 Å². The fourth-order valence-electron chi connectivity index (χ4n) is 1.96. The number of hydrogen-bond donors (Lipinski definition) is 2. The number of nitrogens with zero attached hydrogens (tertiary/aromatic N) is 4. The van der Waals surface area contributed by atoms with Crippen LogP contribution in [-0.4, -0.2) is 38.0 Å². The van der Waals surface area contributed by atoms with Gasteiger partial charge in [-0.25, -0.2) is 9.97 Å². The summed E-state index contributed by atoms with van der Waals surface area (Å²) in [6.07, 6.45) is 5.27. The standard InChI is InChI=1S/C13H21N5O/c1-13(2,8-19)5-4-6-14-11-10-7-17-18(3)12(10)16-9-15-11/h7,9,19H,4-6,8H2,1-3H3,(H,14,15,16). The van der Waals surface area contributed by atoms with Crippen molar-refractivity contribution in [2.24, 2.45) is 12.5 Å². The second-order valence-electron chi connectivity index (χ2n) is 5.58. The molecule has 0 aromatic carbocycles. The van der Waals surface area contributed by atoms with E-state index in [9.17, 15) is 5.11 Å². The zero-order chi connectivity index (χ0) is 13.9. The van der Waals surface area contributed by atoms with Crippen LogP contribution in [0.1, 0.15) is 26.7 Å². The van der Waals surface area contributed by atoms with E-state index in [1.807, 2.05) is 7.05 Å². The Balaban J connectivity index is 1.95. The molecule has 0 aliphatic carbocycles. The molecule has 2 rings (SSSR count). The van der Waals surface area contributed by atoms with Gasteiger partial charge in [-0.1, -0.05) is 13.8 Å². The van der Waals surface area contributed by atoms with E-state index in [0.717, 1.165) is 36.2 Å². The lowest BCUT2D eigenvalue weighted by Gasteiger charge is -2.21. The van der Waals surface area contributed by atoms with Crippen LogP contribution in [0.3, 0.4) is 0 Å². The normalized spacial score (nSPS) is 12.0. The van der Waals surface area contributed by atoms with Crippen LogP contribution in [0.25, 0.3) is 11.0 Å². The summed E-state index contributed by atoms with van der Waals surface area (Å²) in [6, 6.07) is 0. The molecule has 2 aromatic heterocycles. The van der Waals surface area contributed by atoms with Gasteiger partial charge in [0, 0.05) is 20.2 Å². The van der Waals surface area contributed by atoms with E-state index in [2.05, 4.69) is 34.2 Å².